The molecule has 0 spiro atoms. The Bertz CT molecular complexity index is 745. The highest BCUT2D eigenvalue weighted by Crippen LogP contribution is 2.28. The third-order valence-corrected chi connectivity index (χ3v) is 3.21. The Morgan fingerprint density at radius 3 is 2.62 bits per heavy atom. The Kier molecular flexibility index (Phi) is 3.29. The summed E-state index contributed by atoms with van der Waals surface area (Å²) in [6.07, 6.45) is -1.33. The number of aromatic amines is 1. The molecule has 0 fully saturated rings. The van der Waals surface area contributed by atoms with Gasteiger partial charge in [0.2, 0.25) is 0 Å². The lowest BCUT2D eigenvalue weighted by atomic mass is 10.2. The molecule has 0 saturated heterocycles. The normalized spacial score (nSPS) is 11.8. The third-order valence-electron chi connectivity index (χ3n) is 3.21. The van der Waals surface area contributed by atoms with Crippen molar-refractivity contribution in [3.8, 4) is 0 Å². The number of hydrogen-bond donors (Lipinski definition) is 2. The number of aromatic nitrogens is 2. The molecule has 0 saturated carbocycles. The maximum Gasteiger partial charge on any atom is 0.433 e. The van der Waals surface area contributed by atoms with E-state index in [0.717, 1.165) is 22.5 Å². The van der Waals surface area contributed by atoms with Crippen LogP contribution in [0.25, 0.3) is 10.9 Å². The molecule has 3 nitrogen and oxygen atoms in total. The van der Waals surface area contributed by atoms with Gasteiger partial charge in [0.15, 0.2) is 0 Å². The molecule has 0 aliphatic rings. The largest absolute Gasteiger partial charge is 0.433 e. The van der Waals surface area contributed by atoms with Crippen molar-refractivity contribution in [3.63, 3.8) is 0 Å². The molecule has 2 heterocycles. The van der Waals surface area contributed by atoms with Crippen LogP contribution in [-0.4, -0.2) is 9.97 Å². The molecular formula is C15H12F3N3. The van der Waals surface area contributed by atoms with E-state index in [2.05, 4.69) is 15.3 Å². The van der Waals surface area contributed by atoms with Gasteiger partial charge in [0, 0.05) is 23.6 Å². The highest BCUT2D eigenvalue weighted by Gasteiger charge is 2.31. The van der Waals surface area contributed by atoms with E-state index in [9.17, 15) is 13.2 Å². The van der Waals surface area contributed by atoms with Gasteiger partial charge in [-0.05, 0) is 23.8 Å². The Balaban J connectivity index is 1.73. The van der Waals surface area contributed by atoms with Gasteiger partial charge in [-0.15, -0.1) is 0 Å². The van der Waals surface area contributed by atoms with Crippen LogP contribution in [0.5, 0.6) is 0 Å². The molecule has 108 valence electrons. The summed E-state index contributed by atoms with van der Waals surface area (Å²) in [4.78, 5) is 6.57. The summed E-state index contributed by atoms with van der Waals surface area (Å²) in [5.74, 6) is 0. The zero-order valence-electron chi connectivity index (χ0n) is 10.9. The second-order valence-corrected chi connectivity index (χ2v) is 4.64. The van der Waals surface area contributed by atoms with Crippen molar-refractivity contribution >= 4 is 16.6 Å². The van der Waals surface area contributed by atoms with Gasteiger partial charge < -0.3 is 10.3 Å². The molecule has 2 N–H and O–H groups in total. The van der Waals surface area contributed by atoms with Crippen LogP contribution in [0.15, 0.2) is 48.8 Å². The second kappa shape index (κ2) is 5.12. The molecule has 3 aromatic rings. The zero-order chi connectivity index (χ0) is 14.9. The number of nitrogens with one attached hydrogen (secondary N) is 2. The number of H-pyrrole nitrogens is 1. The monoisotopic (exact) mass is 291 g/mol. The minimum absolute atomic E-state index is 0.511. The standard InChI is InChI=1S/C15H12F3N3/c16-15(17,18)14-6-5-11(9-21-14)19-7-10-8-20-13-4-2-1-3-12(10)13/h1-6,8-9,19-20H,7H2. The van der Waals surface area contributed by atoms with E-state index < -0.39 is 11.9 Å². The fourth-order valence-electron chi connectivity index (χ4n) is 2.14. The number of fused-ring (bicyclic) bond motifs is 1. The quantitative estimate of drug-likeness (QED) is 0.759. The molecule has 3 rings (SSSR count). The average molecular weight is 291 g/mol. The van der Waals surface area contributed by atoms with Crippen molar-refractivity contribution < 1.29 is 13.2 Å². The smallest absolute Gasteiger partial charge is 0.380 e. The lowest BCUT2D eigenvalue weighted by molar-refractivity contribution is -0.141. The Morgan fingerprint density at radius 2 is 1.90 bits per heavy atom. The minimum atomic E-state index is -4.41. The molecule has 0 aliphatic carbocycles. The van der Waals surface area contributed by atoms with Crippen LogP contribution >= 0.6 is 0 Å². The fraction of sp³-hybridized carbons (Fsp3) is 0.133. The van der Waals surface area contributed by atoms with E-state index in [1.165, 1.54) is 12.3 Å². The second-order valence-electron chi connectivity index (χ2n) is 4.64. The van der Waals surface area contributed by atoms with E-state index in [1.807, 2.05) is 30.5 Å². The lowest BCUT2D eigenvalue weighted by Crippen LogP contribution is -2.08. The van der Waals surface area contributed by atoms with Gasteiger partial charge in [-0.25, -0.2) is 4.98 Å². The number of para-hydroxylation sites is 1. The molecule has 0 unspecified atom stereocenters. The number of pyridine rings is 1. The van der Waals surface area contributed by atoms with Crippen LogP contribution in [0.2, 0.25) is 0 Å². The first kappa shape index (κ1) is 13.5. The lowest BCUT2D eigenvalue weighted by Gasteiger charge is -2.08. The molecule has 0 radical (unpaired) electrons. The van der Waals surface area contributed by atoms with Gasteiger partial charge in [0.1, 0.15) is 5.69 Å². The fourth-order valence-corrected chi connectivity index (χ4v) is 2.14. The van der Waals surface area contributed by atoms with E-state index in [1.54, 1.807) is 0 Å². The Hall–Kier alpha value is -2.50. The van der Waals surface area contributed by atoms with Crippen molar-refractivity contribution in [3.05, 3.63) is 60.0 Å². The molecule has 2 aromatic heterocycles. The van der Waals surface area contributed by atoms with Crippen molar-refractivity contribution in [2.45, 2.75) is 12.7 Å². The summed E-state index contributed by atoms with van der Waals surface area (Å²) in [5, 5.41) is 4.16. The average Bonchev–Trinajstić information content (AvgIpc) is 2.88. The van der Waals surface area contributed by atoms with E-state index in [-0.39, 0.29) is 0 Å². The zero-order valence-corrected chi connectivity index (χ0v) is 10.9. The number of rotatable bonds is 3. The van der Waals surface area contributed by atoms with Crippen LogP contribution in [0.3, 0.4) is 0 Å². The SMILES string of the molecule is FC(F)(F)c1ccc(NCc2c[nH]c3ccccc23)cn1. The van der Waals surface area contributed by atoms with E-state index in [4.69, 9.17) is 0 Å². The van der Waals surface area contributed by atoms with Crippen molar-refractivity contribution in [1.29, 1.82) is 0 Å². The first-order valence-electron chi connectivity index (χ1n) is 6.36. The number of benzene rings is 1. The van der Waals surface area contributed by atoms with Crippen LogP contribution in [0.4, 0.5) is 18.9 Å². The molecule has 21 heavy (non-hydrogen) atoms. The van der Waals surface area contributed by atoms with Gasteiger partial charge in [-0.1, -0.05) is 18.2 Å². The van der Waals surface area contributed by atoms with Crippen LogP contribution in [-0.2, 0) is 12.7 Å². The summed E-state index contributed by atoms with van der Waals surface area (Å²) in [6.45, 7) is 0.511. The highest BCUT2D eigenvalue weighted by molar-refractivity contribution is 5.83. The van der Waals surface area contributed by atoms with E-state index >= 15 is 0 Å². The molecular weight excluding hydrogens is 279 g/mol. The molecule has 1 aromatic carbocycles. The number of alkyl halides is 3. The van der Waals surface area contributed by atoms with Crippen molar-refractivity contribution in [2.24, 2.45) is 0 Å². The van der Waals surface area contributed by atoms with E-state index in [0.29, 0.717) is 12.2 Å². The number of hydrogen-bond acceptors (Lipinski definition) is 2. The summed E-state index contributed by atoms with van der Waals surface area (Å²) in [7, 11) is 0. The Morgan fingerprint density at radius 1 is 1.10 bits per heavy atom. The predicted octanol–water partition coefficient (Wildman–Crippen LogP) is 4.19. The first-order valence-corrected chi connectivity index (χ1v) is 6.36. The summed E-state index contributed by atoms with van der Waals surface area (Å²) in [6, 6.07) is 10.2. The third kappa shape index (κ3) is 2.84. The van der Waals surface area contributed by atoms with Crippen LogP contribution in [0.1, 0.15) is 11.3 Å². The van der Waals surface area contributed by atoms with Crippen molar-refractivity contribution in [2.75, 3.05) is 5.32 Å². The number of anilines is 1. The maximum atomic E-state index is 12.4. The predicted molar refractivity (Wildman–Crippen MR) is 74.9 cm³/mol. The summed E-state index contributed by atoms with van der Waals surface area (Å²) in [5.41, 5.74) is 1.73. The molecule has 0 atom stereocenters. The van der Waals surface area contributed by atoms with Crippen LogP contribution in [0, 0.1) is 0 Å². The van der Waals surface area contributed by atoms with Crippen molar-refractivity contribution in [1.82, 2.24) is 9.97 Å². The van der Waals surface area contributed by atoms with Gasteiger partial charge in [-0.3, -0.25) is 0 Å². The van der Waals surface area contributed by atoms with Gasteiger partial charge in [0.05, 0.1) is 11.9 Å². The number of halogens is 3. The number of nitrogens with zero attached hydrogens (tertiary/aromatic N) is 1. The van der Waals surface area contributed by atoms with Crippen LogP contribution < -0.4 is 5.32 Å². The van der Waals surface area contributed by atoms with Gasteiger partial charge >= 0.3 is 6.18 Å². The maximum absolute atomic E-state index is 12.4. The minimum Gasteiger partial charge on any atom is -0.380 e. The Labute approximate surface area is 118 Å². The summed E-state index contributed by atoms with van der Waals surface area (Å²) < 4.78 is 37.2. The summed E-state index contributed by atoms with van der Waals surface area (Å²) >= 11 is 0. The molecule has 6 heteroatoms. The first-order chi connectivity index (χ1) is 10.0. The molecule has 0 amide bonds. The van der Waals surface area contributed by atoms with Gasteiger partial charge in [0.25, 0.3) is 0 Å². The van der Waals surface area contributed by atoms with Gasteiger partial charge in [-0.2, -0.15) is 13.2 Å². The molecule has 0 aliphatic heterocycles. The topological polar surface area (TPSA) is 40.7 Å². The molecule has 0 bridgehead atoms. The highest BCUT2D eigenvalue weighted by atomic mass is 19.4.